The van der Waals surface area contributed by atoms with E-state index in [9.17, 15) is 9.59 Å². The first-order valence-corrected chi connectivity index (χ1v) is 13.1. The quantitative estimate of drug-likeness (QED) is 0.572. The smallest absolute Gasteiger partial charge is 0.321 e. The van der Waals surface area contributed by atoms with Crippen molar-refractivity contribution in [2.24, 2.45) is 0 Å². The van der Waals surface area contributed by atoms with Crippen LogP contribution < -0.4 is 10.6 Å². The average Bonchev–Trinajstić information content (AvgIpc) is 3.58. The Morgan fingerprint density at radius 2 is 2.00 bits per heavy atom. The third kappa shape index (κ3) is 4.09. The van der Waals surface area contributed by atoms with Gasteiger partial charge in [-0.3, -0.25) is 9.67 Å². The molecule has 0 radical (unpaired) electrons. The second-order valence-corrected chi connectivity index (χ2v) is 10.7. The number of hydrogen-bond acceptors (Lipinski definition) is 5. The highest BCUT2D eigenvalue weighted by Crippen LogP contribution is 2.44. The molecule has 3 aromatic rings. The van der Waals surface area contributed by atoms with Crippen molar-refractivity contribution >= 4 is 28.7 Å². The minimum Gasteiger partial charge on any atom is -0.338 e. The fraction of sp³-hybridized carbons (Fsp3) is 0.481. The number of nitrogens with one attached hydrogen (secondary N) is 2. The summed E-state index contributed by atoms with van der Waals surface area (Å²) >= 11 is 0. The van der Waals surface area contributed by atoms with Crippen LogP contribution in [0.25, 0.3) is 22.2 Å². The second kappa shape index (κ2) is 9.02. The second-order valence-electron chi connectivity index (χ2n) is 10.7. The van der Waals surface area contributed by atoms with E-state index >= 15 is 0 Å². The number of benzene rings is 1. The summed E-state index contributed by atoms with van der Waals surface area (Å²) in [5, 5.41) is 11.8. The molecule has 3 aliphatic rings. The highest BCUT2D eigenvalue weighted by Gasteiger charge is 2.46. The van der Waals surface area contributed by atoms with Crippen LogP contribution in [0.4, 0.5) is 15.3 Å². The van der Waals surface area contributed by atoms with Gasteiger partial charge in [0.25, 0.3) is 0 Å². The Morgan fingerprint density at radius 3 is 2.78 bits per heavy atom. The summed E-state index contributed by atoms with van der Waals surface area (Å²) in [6.45, 7) is 6.69. The molecular weight excluding hydrogens is 468 g/mol. The maximum Gasteiger partial charge on any atom is 0.321 e. The zero-order chi connectivity index (χ0) is 25.7. The Bertz CT molecular complexity index is 1360. The van der Waals surface area contributed by atoms with E-state index in [1.807, 2.05) is 43.3 Å². The first-order valence-electron chi connectivity index (χ1n) is 13.1. The number of fused-ring (bicyclic) bond motifs is 3. The van der Waals surface area contributed by atoms with E-state index in [1.165, 1.54) is 5.69 Å². The normalized spacial score (nSPS) is 21.3. The van der Waals surface area contributed by atoms with E-state index < -0.39 is 0 Å². The van der Waals surface area contributed by atoms with Crippen LogP contribution in [-0.4, -0.2) is 94.4 Å². The number of aryl methyl sites for hydroxylation is 1. The van der Waals surface area contributed by atoms with E-state index in [1.54, 1.807) is 4.90 Å². The molecule has 10 nitrogen and oxygen atoms in total. The number of anilines is 1. The van der Waals surface area contributed by atoms with Crippen LogP contribution in [0.15, 0.2) is 36.5 Å². The first-order chi connectivity index (χ1) is 17.9. The fourth-order valence-corrected chi connectivity index (χ4v) is 6.00. The van der Waals surface area contributed by atoms with Crippen molar-refractivity contribution in [2.45, 2.75) is 37.8 Å². The van der Waals surface area contributed by atoms with E-state index in [0.717, 1.165) is 73.4 Å². The van der Waals surface area contributed by atoms with E-state index in [-0.39, 0.29) is 23.5 Å². The van der Waals surface area contributed by atoms with Crippen molar-refractivity contribution in [1.29, 1.82) is 0 Å². The Balaban J connectivity index is 1.26. The number of amides is 4. The van der Waals surface area contributed by atoms with Crippen molar-refractivity contribution < 1.29 is 9.59 Å². The zero-order valence-corrected chi connectivity index (χ0v) is 21.7. The van der Waals surface area contributed by atoms with Crippen LogP contribution in [0, 0.1) is 0 Å². The molecule has 10 heteroatoms. The molecule has 2 N–H and O–H groups in total. The van der Waals surface area contributed by atoms with Crippen LogP contribution in [0.1, 0.15) is 25.5 Å². The standard InChI is InChI=1S/C27H34N8O2/c1-4-28-25(36)34-10-8-27(17-34)9-11-35-24(27)13-23(31-35)18-12-20-21(29-14-18)6-5-7-22(20)30-26(37)33(3)19-15-32(2)16-19/h5-7,12-14,19H,4,8-11,15-17H2,1-3H3,(H,28,36)(H,30,37). The number of nitrogens with zero attached hydrogens (tertiary/aromatic N) is 6. The Labute approximate surface area is 216 Å². The molecule has 2 saturated heterocycles. The highest BCUT2D eigenvalue weighted by atomic mass is 16.2. The van der Waals surface area contributed by atoms with Gasteiger partial charge in [-0.05, 0) is 51.1 Å². The van der Waals surface area contributed by atoms with Crippen molar-refractivity contribution in [2.75, 3.05) is 52.1 Å². The lowest BCUT2D eigenvalue weighted by molar-refractivity contribution is 0.0926. The van der Waals surface area contributed by atoms with Crippen molar-refractivity contribution in [1.82, 2.24) is 34.8 Å². The van der Waals surface area contributed by atoms with Crippen LogP contribution in [-0.2, 0) is 12.0 Å². The predicted molar refractivity (Wildman–Crippen MR) is 143 cm³/mol. The third-order valence-electron chi connectivity index (χ3n) is 8.27. The van der Waals surface area contributed by atoms with Gasteiger partial charge in [0.15, 0.2) is 0 Å². The highest BCUT2D eigenvalue weighted by molar-refractivity contribution is 6.01. The summed E-state index contributed by atoms with van der Waals surface area (Å²) in [5.74, 6) is 0. The summed E-state index contributed by atoms with van der Waals surface area (Å²) in [6, 6.07) is 10.1. The van der Waals surface area contributed by atoms with Gasteiger partial charge in [0.2, 0.25) is 0 Å². The van der Waals surface area contributed by atoms with Gasteiger partial charge >= 0.3 is 12.1 Å². The Morgan fingerprint density at radius 1 is 1.19 bits per heavy atom. The molecule has 3 aliphatic heterocycles. The monoisotopic (exact) mass is 502 g/mol. The molecule has 4 amide bonds. The lowest BCUT2D eigenvalue weighted by Crippen LogP contribution is -2.58. The molecule has 0 bridgehead atoms. The number of pyridine rings is 1. The molecule has 194 valence electrons. The summed E-state index contributed by atoms with van der Waals surface area (Å²) in [6.07, 6.45) is 3.80. The van der Waals surface area contributed by atoms with Gasteiger partial charge in [0.05, 0.1) is 22.9 Å². The van der Waals surface area contributed by atoms with Crippen LogP contribution in [0.2, 0.25) is 0 Å². The van der Waals surface area contributed by atoms with Gasteiger partial charge < -0.3 is 25.3 Å². The molecule has 2 fully saturated rings. The van der Waals surface area contributed by atoms with Crippen LogP contribution in [0.5, 0.6) is 0 Å². The number of urea groups is 2. The number of hydrogen-bond donors (Lipinski definition) is 2. The van der Waals surface area contributed by atoms with E-state index in [0.29, 0.717) is 6.54 Å². The molecule has 1 atom stereocenters. The summed E-state index contributed by atoms with van der Waals surface area (Å²) in [4.78, 5) is 35.9. The number of carbonyl (C=O) groups is 2. The summed E-state index contributed by atoms with van der Waals surface area (Å²) in [5.41, 5.74) is 4.51. The van der Waals surface area contributed by atoms with Crippen LogP contribution >= 0.6 is 0 Å². The largest absolute Gasteiger partial charge is 0.338 e. The topological polar surface area (TPSA) is 98.6 Å². The average molecular weight is 503 g/mol. The number of aromatic nitrogens is 3. The number of rotatable bonds is 4. The Hall–Kier alpha value is -3.66. The van der Waals surface area contributed by atoms with Gasteiger partial charge in [0.1, 0.15) is 0 Å². The van der Waals surface area contributed by atoms with Crippen molar-refractivity contribution in [3.8, 4) is 11.3 Å². The van der Waals surface area contributed by atoms with E-state index in [4.69, 9.17) is 5.10 Å². The molecule has 37 heavy (non-hydrogen) atoms. The van der Waals surface area contributed by atoms with Gasteiger partial charge in [-0.15, -0.1) is 0 Å². The number of carbonyl (C=O) groups excluding carboxylic acids is 2. The predicted octanol–water partition coefficient (Wildman–Crippen LogP) is 2.95. The van der Waals surface area contributed by atoms with Crippen LogP contribution in [0.3, 0.4) is 0 Å². The zero-order valence-electron chi connectivity index (χ0n) is 21.7. The SMILES string of the molecule is CCNC(=O)N1CCC2(CCn3nc(-c4cnc5cccc(NC(=O)N(C)C6CN(C)C6)c5c4)cc32)C1. The molecule has 2 aromatic heterocycles. The lowest BCUT2D eigenvalue weighted by atomic mass is 9.82. The van der Waals surface area contributed by atoms with Gasteiger partial charge in [0, 0.05) is 74.6 Å². The molecule has 0 saturated carbocycles. The molecule has 1 spiro atoms. The lowest BCUT2D eigenvalue weighted by Gasteiger charge is -2.41. The Kier molecular flexibility index (Phi) is 5.78. The van der Waals surface area contributed by atoms with Gasteiger partial charge in [-0.25, -0.2) is 9.59 Å². The van der Waals surface area contributed by atoms with Crippen molar-refractivity contribution in [3.63, 3.8) is 0 Å². The minimum absolute atomic E-state index is 0.0147. The molecular formula is C27H34N8O2. The first kappa shape index (κ1) is 23.7. The van der Waals surface area contributed by atoms with Gasteiger partial charge in [-0.1, -0.05) is 6.07 Å². The maximum atomic E-state index is 12.9. The molecule has 1 unspecified atom stereocenters. The fourth-order valence-electron chi connectivity index (χ4n) is 6.00. The maximum absolute atomic E-state index is 12.9. The summed E-state index contributed by atoms with van der Waals surface area (Å²) < 4.78 is 2.10. The molecule has 1 aromatic carbocycles. The molecule has 0 aliphatic carbocycles. The minimum atomic E-state index is -0.114. The third-order valence-corrected chi connectivity index (χ3v) is 8.27. The molecule has 5 heterocycles. The van der Waals surface area contributed by atoms with E-state index in [2.05, 4.69) is 44.4 Å². The van der Waals surface area contributed by atoms with Crippen molar-refractivity contribution in [3.05, 3.63) is 42.2 Å². The van der Waals surface area contributed by atoms with Gasteiger partial charge in [-0.2, -0.15) is 5.10 Å². The number of likely N-dealkylation sites (tertiary alicyclic amines) is 2. The number of likely N-dealkylation sites (N-methyl/N-ethyl adjacent to an activating group) is 2. The summed E-state index contributed by atoms with van der Waals surface area (Å²) in [7, 11) is 3.90. The molecule has 6 rings (SSSR count).